The molecule has 0 atom stereocenters. The lowest BCUT2D eigenvalue weighted by Gasteiger charge is -2.25. The molecule has 0 amide bonds. The first-order valence-electron chi connectivity index (χ1n) is 7.64. The summed E-state index contributed by atoms with van der Waals surface area (Å²) in [6.45, 7) is 1.97. The van der Waals surface area contributed by atoms with Gasteiger partial charge in [-0.15, -0.1) is 0 Å². The number of unbranched alkanes of at least 4 members (excludes halogenated alkanes) is 1. The Morgan fingerprint density at radius 1 is 0.957 bits per heavy atom. The maximum absolute atomic E-state index is 12.7. The Bertz CT molecular complexity index is 613. The molecule has 120 valence electrons. The van der Waals surface area contributed by atoms with Crippen molar-refractivity contribution in [1.82, 2.24) is 0 Å². The number of carbonyl (C=O) groups excluding carboxylic acids is 2. The second-order valence-electron chi connectivity index (χ2n) is 5.26. The van der Waals surface area contributed by atoms with Gasteiger partial charge in [0, 0.05) is 6.42 Å². The van der Waals surface area contributed by atoms with Crippen LogP contribution in [-0.4, -0.2) is 11.9 Å². The number of ether oxygens (including phenoxy) is 1. The largest absolute Gasteiger partial charge is 0.391 e. The zero-order chi connectivity index (χ0) is 16.7. The number of hydrogen-bond acceptors (Lipinski definition) is 3. The summed E-state index contributed by atoms with van der Waals surface area (Å²) in [6.07, 6.45) is 1.74. The Labute approximate surface area is 141 Å². The molecule has 2 aromatic carbocycles. The van der Waals surface area contributed by atoms with Crippen molar-refractivity contribution in [2.45, 2.75) is 31.1 Å². The summed E-state index contributed by atoms with van der Waals surface area (Å²) in [5.41, 5.74) is 1.14. The topological polar surface area (TPSA) is 43.4 Å². The normalized spacial score (nSPS) is 11.0. The minimum Gasteiger partial charge on any atom is -0.391 e. The van der Waals surface area contributed by atoms with Gasteiger partial charge in [0.15, 0.2) is 4.87 Å². The van der Waals surface area contributed by atoms with E-state index in [0.717, 1.165) is 6.42 Å². The molecule has 0 N–H and O–H groups in total. The zero-order valence-electron chi connectivity index (χ0n) is 13.0. The lowest BCUT2D eigenvalue weighted by molar-refractivity contribution is -0.161. The van der Waals surface area contributed by atoms with E-state index in [9.17, 15) is 9.59 Å². The molecule has 0 aliphatic heterocycles. The van der Waals surface area contributed by atoms with Crippen LogP contribution in [0, 0.1) is 0 Å². The summed E-state index contributed by atoms with van der Waals surface area (Å²) >= 11 is 6.69. The molecule has 0 bridgehead atoms. The quantitative estimate of drug-likeness (QED) is 0.447. The summed E-state index contributed by atoms with van der Waals surface area (Å²) < 4.78 is 5.02. The molecule has 0 heterocycles. The van der Waals surface area contributed by atoms with Crippen molar-refractivity contribution < 1.29 is 14.3 Å². The van der Waals surface area contributed by atoms with Gasteiger partial charge in [-0.25, -0.2) is 4.79 Å². The monoisotopic (exact) mass is 330 g/mol. The number of rotatable bonds is 6. The lowest BCUT2D eigenvalue weighted by atomic mass is 9.90. The van der Waals surface area contributed by atoms with Crippen molar-refractivity contribution in [2.24, 2.45) is 0 Å². The van der Waals surface area contributed by atoms with E-state index in [1.165, 1.54) is 0 Å². The van der Waals surface area contributed by atoms with Crippen molar-refractivity contribution in [2.75, 3.05) is 0 Å². The average molecular weight is 331 g/mol. The highest BCUT2D eigenvalue weighted by atomic mass is 35.5. The van der Waals surface area contributed by atoms with Crippen molar-refractivity contribution in [1.29, 1.82) is 0 Å². The van der Waals surface area contributed by atoms with E-state index in [2.05, 4.69) is 0 Å². The Morgan fingerprint density at radius 3 is 1.87 bits per heavy atom. The second-order valence-corrected chi connectivity index (χ2v) is 5.82. The van der Waals surface area contributed by atoms with Crippen LogP contribution in [-0.2, 0) is 19.2 Å². The van der Waals surface area contributed by atoms with Gasteiger partial charge in [0.05, 0.1) is 0 Å². The minimum absolute atomic E-state index is 0.207. The fraction of sp³-hybridized carbons (Fsp3) is 0.263. The van der Waals surface area contributed by atoms with Gasteiger partial charge in [0.1, 0.15) is 0 Å². The SMILES string of the molecule is CCCCC(=O)OC(=O)C(Cl)(c1ccccc1)c1ccccc1. The van der Waals surface area contributed by atoms with E-state index in [-0.39, 0.29) is 6.42 Å². The third-order valence-electron chi connectivity index (χ3n) is 3.57. The molecular weight excluding hydrogens is 312 g/mol. The summed E-state index contributed by atoms with van der Waals surface area (Å²) in [6, 6.07) is 17.8. The molecule has 0 saturated heterocycles. The maximum Gasteiger partial charge on any atom is 0.344 e. The second kappa shape index (κ2) is 7.93. The van der Waals surface area contributed by atoms with Crippen LogP contribution in [0.3, 0.4) is 0 Å². The van der Waals surface area contributed by atoms with Crippen LogP contribution in [0.15, 0.2) is 60.7 Å². The van der Waals surface area contributed by atoms with Gasteiger partial charge in [-0.1, -0.05) is 85.6 Å². The van der Waals surface area contributed by atoms with Gasteiger partial charge in [-0.3, -0.25) is 4.79 Å². The molecule has 0 fully saturated rings. The van der Waals surface area contributed by atoms with Gasteiger partial charge < -0.3 is 4.74 Å². The van der Waals surface area contributed by atoms with Gasteiger partial charge in [0.2, 0.25) is 0 Å². The summed E-state index contributed by atoms with van der Waals surface area (Å²) in [5, 5.41) is 0. The van der Waals surface area contributed by atoms with Crippen LogP contribution in [0.25, 0.3) is 0 Å². The molecule has 2 rings (SSSR count). The first kappa shape index (κ1) is 17.2. The molecule has 0 aliphatic rings. The third-order valence-corrected chi connectivity index (χ3v) is 4.16. The minimum atomic E-state index is -1.54. The Hall–Kier alpha value is -2.13. The van der Waals surface area contributed by atoms with Gasteiger partial charge in [0.25, 0.3) is 0 Å². The van der Waals surface area contributed by atoms with Crippen LogP contribution in [0.4, 0.5) is 0 Å². The molecule has 4 heteroatoms. The summed E-state index contributed by atoms with van der Waals surface area (Å²) in [4.78, 5) is 22.9. The fourth-order valence-corrected chi connectivity index (χ4v) is 2.57. The predicted octanol–water partition coefficient (Wildman–Crippen LogP) is 4.43. The Balaban J connectivity index is 2.35. The number of halogens is 1. The smallest absolute Gasteiger partial charge is 0.344 e. The Morgan fingerprint density at radius 2 is 1.43 bits per heavy atom. The van der Waals surface area contributed by atoms with Crippen LogP contribution in [0.1, 0.15) is 37.3 Å². The maximum atomic E-state index is 12.7. The highest BCUT2D eigenvalue weighted by molar-refractivity contribution is 6.36. The van der Waals surface area contributed by atoms with Crippen molar-refractivity contribution in [3.8, 4) is 0 Å². The number of alkyl halides is 1. The van der Waals surface area contributed by atoms with Crippen LogP contribution in [0.2, 0.25) is 0 Å². The molecule has 0 unspecified atom stereocenters. The molecule has 0 spiro atoms. The van der Waals surface area contributed by atoms with E-state index in [4.69, 9.17) is 16.3 Å². The first-order valence-corrected chi connectivity index (χ1v) is 8.02. The van der Waals surface area contributed by atoms with E-state index >= 15 is 0 Å². The number of benzene rings is 2. The standard InChI is InChI=1S/C19H19ClO3/c1-2-3-14-17(21)23-18(22)19(20,15-10-6-4-7-11-15)16-12-8-5-9-13-16/h4-13H,2-3,14H2,1H3. The molecule has 0 radical (unpaired) electrons. The molecule has 23 heavy (non-hydrogen) atoms. The molecule has 0 aliphatic carbocycles. The predicted molar refractivity (Wildman–Crippen MR) is 90.1 cm³/mol. The number of hydrogen-bond donors (Lipinski definition) is 0. The van der Waals surface area contributed by atoms with Crippen molar-refractivity contribution in [3.63, 3.8) is 0 Å². The van der Waals surface area contributed by atoms with E-state index in [1.807, 2.05) is 19.1 Å². The van der Waals surface area contributed by atoms with Crippen molar-refractivity contribution >= 4 is 23.5 Å². The summed E-state index contributed by atoms with van der Waals surface area (Å²) in [7, 11) is 0. The van der Waals surface area contributed by atoms with E-state index in [0.29, 0.717) is 17.5 Å². The van der Waals surface area contributed by atoms with Crippen LogP contribution >= 0.6 is 11.6 Å². The number of esters is 2. The molecule has 0 saturated carbocycles. The van der Waals surface area contributed by atoms with Crippen molar-refractivity contribution in [3.05, 3.63) is 71.8 Å². The van der Waals surface area contributed by atoms with Crippen LogP contribution < -0.4 is 0 Å². The van der Waals surface area contributed by atoms with Gasteiger partial charge in [-0.05, 0) is 17.5 Å². The average Bonchev–Trinajstić information content (AvgIpc) is 2.60. The molecular formula is C19H19ClO3. The highest BCUT2D eigenvalue weighted by Gasteiger charge is 2.42. The first-order chi connectivity index (χ1) is 11.1. The van der Waals surface area contributed by atoms with Gasteiger partial charge in [-0.2, -0.15) is 0 Å². The zero-order valence-corrected chi connectivity index (χ0v) is 13.8. The summed E-state index contributed by atoms with van der Waals surface area (Å²) in [5.74, 6) is -1.31. The lowest BCUT2D eigenvalue weighted by Crippen LogP contribution is -2.34. The molecule has 0 aromatic heterocycles. The van der Waals surface area contributed by atoms with E-state index < -0.39 is 16.8 Å². The third kappa shape index (κ3) is 3.99. The van der Waals surface area contributed by atoms with Crippen LogP contribution in [0.5, 0.6) is 0 Å². The number of carbonyl (C=O) groups is 2. The molecule has 2 aromatic rings. The molecule has 3 nitrogen and oxygen atoms in total. The highest BCUT2D eigenvalue weighted by Crippen LogP contribution is 2.38. The van der Waals surface area contributed by atoms with E-state index in [1.54, 1.807) is 48.5 Å². The fourth-order valence-electron chi connectivity index (χ4n) is 2.28. The Kier molecular flexibility index (Phi) is 5.94. The van der Waals surface area contributed by atoms with Gasteiger partial charge >= 0.3 is 11.9 Å².